The van der Waals surface area contributed by atoms with Gasteiger partial charge in [-0.3, -0.25) is 4.79 Å². The fourth-order valence-corrected chi connectivity index (χ4v) is 5.22. The van der Waals surface area contributed by atoms with Crippen LogP contribution in [0.25, 0.3) is 20.7 Å². The first-order chi connectivity index (χ1) is 16.6. The first-order valence-corrected chi connectivity index (χ1v) is 12.2. The molecule has 1 aliphatic rings. The summed E-state index contributed by atoms with van der Waals surface area (Å²) in [6.07, 6.45) is 1.54. The van der Waals surface area contributed by atoms with Gasteiger partial charge in [-0.15, -0.1) is 11.3 Å². The molecule has 0 aliphatic carbocycles. The number of carbonyl (C=O) groups is 1. The van der Waals surface area contributed by atoms with Crippen LogP contribution in [-0.2, 0) is 0 Å². The van der Waals surface area contributed by atoms with Crippen molar-refractivity contribution in [2.24, 2.45) is 0 Å². The van der Waals surface area contributed by atoms with Crippen molar-refractivity contribution in [3.63, 3.8) is 0 Å². The highest BCUT2D eigenvalue weighted by atomic mass is 32.1. The maximum absolute atomic E-state index is 12.9. The molecule has 1 saturated heterocycles. The number of aliphatic hydroxyl groups excluding tert-OH is 1. The summed E-state index contributed by atoms with van der Waals surface area (Å²) in [5, 5.41) is 13.3. The number of piperazine rings is 1. The molecule has 174 valence electrons. The molecule has 2 aromatic carbocycles. The van der Waals surface area contributed by atoms with Gasteiger partial charge in [-0.1, -0.05) is 42.5 Å². The summed E-state index contributed by atoms with van der Waals surface area (Å²) < 4.78 is 0.935. The number of rotatable bonds is 6. The number of benzene rings is 2. The molecule has 34 heavy (non-hydrogen) atoms. The quantitative estimate of drug-likeness (QED) is 0.442. The number of aromatic nitrogens is 2. The Kier molecular flexibility index (Phi) is 6.53. The van der Waals surface area contributed by atoms with Gasteiger partial charge in [0, 0.05) is 36.6 Å². The molecule has 7 nitrogen and oxygen atoms in total. The number of aliphatic hydroxyl groups is 1. The van der Waals surface area contributed by atoms with E-state index in [0.29, 0.717) is 11.4 Å². The number of carbonyl (C=O) groups excluding carboxylic acids is 1. The Morgan fingerprint density at radius 3 is 2.50 bits per heavy atom. The fraction of sp³-hybridized carbons (Fsp3) is 0.269. The monoisotopic (exact) mass is 473 g/mol. The molecule has 1 amide bonds. The summed E-state index contributed by atoms with van der Waals surface area (Å²) in [6.45, 7) is 3.30. The lowest BCUT2D eigenvalue weighted by atomic mass is 10.1. The van der Waals surface area contributed by atoms with E-state index in [1.165, 1.54) is 0 Å². The van der Waals surface area contributed by atoms with Crippen LogP contribution in [0.2, 0.25) is 0 Å². The van der Waals surface area contributed by atoms with Crippen LogP contribution >= 0.6 is 11.3 Å². The van der Waals surface area contributed by atoms with Crippen LogP contribution in [0.3, 0.4) is 0 Å². The van der Waals surface area contributed by atoms with Gasteiger partial charge in [0.05, 0.1) is 22.9 Å². The maximum atomic E-state index is 12.9. The third-order valence-electron chi connectivity index (χ3n) is 6.21. The zero-order chi connectivity index (χ0) is 23.5. The van der Waals surface area contributed by atoms with Gasteiger partial charge in [0.25, 0.3) is 5.91 Å². The zero-order valence-electron chi connectivity index (χ0n) is 19.0. The summed E-state index contributed by atoms with van der Waals surface area (Å²) in [7, 11) is 2.08. The molecule has 4 aromatic rings. The lowest BCUT2D eigenvalue weighted by Crippen LogP contribution is -2.47. The Hall–Kier alpha value is -3.33. The van der Waals surface area contributed by atoms with Crippen LogP contribution in [0.1, 0.15) is 22.0 Å². The van der Waals surface area contributed by atoms with Crippen molar-refractivity contribution in [3.05, 3.63) is 78.1 Å². The summed E-state index contributed by atoms with van der Waals surface area (Å²) in [6, 6.07) is 19.4. The minimum absolute atomic E-state index is 0.0451. The highest BCUT2D eigenvalue weighted by molar-refractivity contribution is 7.22. The van der Waals surface area contributed by atoms with Gasteiger partial charge < -0.3 is 20.2 Å². The molecule has 1 aliphatic heterocycles. The number of amides is 1. The second-order valence-corrected chi connectivity index (χ2v) is 9.56. The molecule has 0 bridgehead atoms. The van der Waals surface area contributed by atoms with E-state index in [9.17, 15) is 9.90 Å². The van der Waals surface area contributed by atoms with Gasteiger partial charge in [-0.05, 0) is 36.4 Å². The first kappa shape index (κ1) is 22.5. The van der Waals surface area contributed by atoms with E-state index >= 15 is 0 Å². The van der Waals surface area contributed by atoms with Crippen molar-refractivity contribution < 1.29 is 9.90 Å². The third kappa shape index (κ3) is 4.65. The highest BCUT2D eigenvalue weighted by Gasteiger charge is 2.20. The molecule has 3 heterocycles. The maximum Gasteiger partial charge on any atom is 0.253 e. The van der Waals surface area contributed by atoms with E-state index in [2.05, 4.69) is 27.2 Å². The Balaban J connectivity index is 1.37. The number of nitrogens with zero attached hydrogens (tertiary/aromatic N) is 4. The lowest BCUT2D eigenvalue weighted by Gasteiger charge is -2.32. The van der Waals surface area contributed by atoms with Gasteiger partial charge in [-0.2, -0.15) is 0 Å². The molecule has 1 atom stereocenters. The van der Waals surface area contributed by atoms with Crippen molar-refractivity contribution in [1.29, 1.82) is 0 Å². The second kappa shape index (κ2) is 9.89. The lowest BCUT2D eigenvalue weighted by molar-refractivity contribution is 0.0664. The molecule has 2 N–H and O–H groups in total. The Bertz CT molecular complexity index is 1270. The van der Waals surface area contributed by atoms with E-state index in [-0.39, 0.29) is 18.6 Å². The van der Waals surface area contributed by atoms with Crippen LogP contribution in [0.15, 0.2) is 67.0 Å². The topological polar surface area (TPSA) is 81.6 Å². The van der Waals surface area contributed by atoms with Crippen molar-refractivity contribution in [1.82, 2.24) is 19.8 Å². The Morgan fingerprint density at radius 1 is 1.06 bits per heavy atom. The number of hydrogen-bond donors (Lipinski definition) is 2. The number of likely N-dealkylation sites (N-methyl/N-ethyl adjacent to an activating group) is 1. The number of thiophene rings is 1. The molecule has 5 rings (SSSR count). The van der Waals surface area contributed by atoms with Crippen LogP contribution in [0.4, 0.5) is 5.82 Å². The third-order valence-corrected chi connectivity index (χ3v) is 7.39. The largest absolute Gasteiger partial charge is 0.394 e. The predicted octanol–water partition coefficient (Wildman–Crippen LogP) is 3.89. The van der Waals surface area contributed by atoms with Crippen molar-refractivity contribution in [2.45, 2.75) is 6.04 Å². The number of anilines is 1. The van der Waals surface area contributed by atoms with Gasteiger partial charge in [0.1, 0.15) is 12.1 Å². The van der Waals surface area contributed by atoms with E-state index in [1.807, 2.05) is 65.6 Å². The summed E-state index contributed by atoms with van der Waals surface area (Å²) in [5.74, 6) is 0.787. The van der Waals surface area contributed by atoms with E-state index in [0.717, 1.165) is 52.4 Å². The second-order valence-electron chi connectivity index (χ2n) is 8.51. The summed E-state index contributed by atoms with van der Waals surface area (Å²) >= 11 is 1.60. The number of hydrogen-bond acceptors (Lipinski definition) is 7. The molecule has 8 heteroatoms. The smallest absolute Gasteiger partial charge is 0.253 e. The molecule has 0 saturated carbocycles. The first-order valence-electron chi connectivity index (χ1n) is 11.4. The molecular weight excluding hydrogens is 446 g/mol. The summed E-state index contributed by atoms with van der Waals surface area (Å²) in [5.41, 5.74) is 3.59. The van der Waals surface area contributed by atoms with E-state index < -0.39 is 0 Å². The molecule has 0 spiro atoms. The molecule has 1 unspecified atom stereocenters. The van der Waals surface area contributed by atoms with Crippen LogP contribution in [0.5, 0.6) is 0 Å². The summed E-state index contributed by atoms with van der Waals surface area (Å²) in [4.78, 5) is 27.0. The molecule has 1 fully saturated rings. The number of fused-ring (bicyclic) bond motifs is 1. The van der Waals surface area contributed by atoms with E-state index in [1.54, 1.807) is 17.7 Å². The Labute approximate surface area is 202 Å². The molecule has 0 radical (unpaired) electrons. The average molecular weight is 474 g/mol. The SMILES string of the molecule is CN1CCN(C(=O)c2ccc(-c3cc4ncnc(NC(CO)c5ccccc5)c4s3)cc2)CC1. The van der Waals surface area contributed by atoms with Crippen LogP contribution in [0, 0.1) is 0 Å². The van der Waals surface area contributed by atoms with Gasteiger partial charge in [0.2, 0.25) is 0 Å². The van der Waals surface area contributed by atoms with Gasteiger partial charge >= 0.3 is 0 Å². The van der Waals surface area contributed by atoms with Crippen molar-refractivity contribution in [3.8, 4) is 10.4 Å². The van der Waals surface area contributed by atoms with Crippen molar-refractivity contribution in [2.75, 3.05) is 45.2 Å². The minimum atomic E-state index is -0.260. The van der Waals surface area contributed by atoms with Gasteiger partial charge in [-0.25, -0.2) is 9.97 Å². The average Bonchev–Trinajstić information content (AvgIpc) is 3.33. The normalized spacial score (nSPS) is 15.4. The molecular formula is C26H27N5O2S. The standard InChI is InChI=1S/C26H27N5O2S/c1-30-11-13-31(14-12-30)26(33)20-9-7-19(8-10-20)23-15-21-24(34-23)25(28-17-27-21)29-22(16-32)18-5-3-2-4-6-18/h2-10,15,17,22,32H,11-14,16H2,1H3,(H,27,28,29). The van der Waals surface area contributed by atoms with Crippen LogP contribution < -0.4 is 5.32 Å². The predicted molar refractivity (Wildman–Crippen MR) is 136 cm³/mol. The van der Waals surface area contributed by atoms with Gasteiger partial charge in [0.15, 0.2) is 0 Å². The van der Waals surface area contributed by atoms with Crippen molar-refractivity contribution >= 4 is 33.3 Å². The van der Waals surface area contributed by atoms with Crippen LogP contribution in [-0.4, -0.2) is 70.6 Å². The Morgan fingerprint density at radius 2 is 1.79 bits per heavy atom. The highest BCUT2D eigenvalue weighted by Crippen LogP contribution is 2.36. The fourth-order valence-electron chi connectivity index (χ4n) is 4.15. The van der Waals surface area contributed by atoms with E-state index in [4.69, 9.17) is 0 Å². The molecule has 2 aromatic heterocycles. The zero-order valence-corrected chi connectivity index (χ0v) is 19.8. The minimum Gasteiger partial charge on any atom is -0.394 e. The number of nitrogens with one attached hydrogen (secondary N) is 1.